The van der Waals surface area contributed by atoms with E-state index in [4.69, 9.17) is 0 Å². The average molecular weight is 187 g/mol. The van der Waals surface area contributed by atoms with E-state index >= 15 is 0 Å². The lowest BCUT2D eigenvalue weighted by Gasteiger charge is -1.99. The molecule has 0 aromatic carbocycles. The van der Waals surface area contributed by atoms with Crippen LogP contribution >= 0.6 is 0 Å². The smallest absolute Gasteiger partial charge is 0.0643 e. The largest absolute Gasteiger partial charge is 0.288 e. The molecule has 0 atom stereocenters. The fourth-order valence-corrected chi connectivity index (χ4v) is 0.906. The minimum Gasteiger partial charge on any atom is -0.288 e. The van der Waals surface area contributed by atoms with Gasteiger partial charge < -0.3 is 0 Å². The van der Waals surface area contributed by atoms with Gasteiger partial charge >= 0.3 is 0 Å². The highest BCUT2D eigenvalue weighted by molar-refractivity contribution is 6.10. The Bertz CT molecular complexity index is 314. The lowest BCUT2D eigenvalue weighted by molar-refractivity contribution is 1.43. The molecule has 0 aromatic heterocycles. The van der Waals surface area contributed by atoms with E-state index in [9.17, 15) is 0 Å². The van der Waals surface area contributed by atoms with Crippen LogP contribution in [0.5, 0.6) is 0 Å². The van der Waals surface area contributed by atoms with Gasteiger partial charge in [0.1, 0.15) is 0 Å². The van der Waals surface area contributed by atoms with Crippen LogP contribution in [-0.4, -0.2) is 12.8 Å². The molecule has 0 rings (SSSR count). The van der Waals surface area contributed by atoms with E-state index in [1.807, 2.05) is 25.2 Å². The Morgan fingerprint density at radius 1 is 1.21 bits per heavy atom. The lowest BCUT2D eigenvalue weighted by atomic mass is 10.1. The number of hydrogen-bond acceptors (Lipinski definition) is 1. The fraction of sp³-hybridized carbons (Fsp3) is 0.154. The van der Waals surface area contributed by atoms with Gasteiger partial charge in [0.15, 0.2) is 0 Å². The molecule has 0 spiro atoms. The summed E-state index contributed by atoms with van der Waals surface area (Å²) in [7, 11) is 1.75. The van der Waals surface area contributed by atoms with Gasteiger partial charge in [-0.15, -0.1) is 0 Å². The molecule has 0 amide bonds. The van der Waals surface area contributed by atoms with Crippen LogP contribution in [0.25, 0.3) is 0 Å². The van der Waals surface area contributed by atoms with Crippen molar-refractivity contribution in [1.29, 1.82) is 0 Å². The zero-order valence-corrected chi connectivity index (χ0v) is 8.96. The molecule has 14 heavy (non-hydrogen) atoms. The van der Waals surface area contributed by atoms with Gasteiger partial charge in [0.2, 0.25) is 0 Å². The van der Waals surface area contributed by atoms with Gasteiger partial charge in [-0.05, 0) is 18.6 Å². The summed E-state index contributed by atoms with van der Waals surface area (Å²) in [6, 6.07) is 0. The Morgan fingerprint density at radius 2 is 1.86 bits per heavy atom. The highest BCUT2D eigenvalue weighted by atomic mass is 14.7. The van der Waals surface area contributed by atoms with Crippen molar-refractivity contribution >= 4 is 5.71 Å². The Balaban J connectivity index is 4.90. The van der Waals surface area contributed by atoms with E-state index in [-0.39, 0.29) is 0 Å². The molecular formula is C13H17N. The number of rotatable bonds is 5. The molecule has 0 saturated heterocycles. The molecular weight excluding hydrogens is 170 g/mol. The van der Waals surface area contributed by atoms with E-state index in [0.29, 0.717) is 0 Å². The summed E-state index contributed by atoms with van der Waals surface area (Å²) in [5.74, 6) is 0. The standard InChI is InChI=1S/C13H17N/c1-6-8-12(7-2)13(14-5)10-9-11(3)4/h6-10H,1-3H2,4-5H3/b10-9-,12-8+,14-13+. The van der Waals surface area contributed by atoms with Crippen molar-refractivity contribution in [1.82, 2.24) is 0 Å². The quantitative estimate of drug-likeness (QED) is 0.461. The molecule has 0 N–H and O–H groups in total. The molecule has 0 aliphatic carbocycles. The van der Waals surface area contributed by atoms with Gasteiger partial charge in [0, 0.05) is 7.05 Å². The monoisotopic (exact) mass is 187 g/mol. The predicted molar refractivity (Wildman–Crippen MR) is 65.8 cm³/mol. The third-order valence-corrected chi connectivity index (χ3v) is 1.58. The highest BCUT2D eigenvalue weighted by Gasteiger charge is 1.96. The summed E-state index contributed by atoms with van der Waals surface area (Å²) in [6.45, 7) is 13.1. The maximum atomic E-state index is 4.15. The first-order valence-corrected chi connectivity index (χ1v) is 4.41. The first-order valence-electron chi connectivity index (χ1n) is 4.41. The molecule has 1 nitrogen and oxygen atoms in total. The summed E-state index contributed by atoms with van der Waals surface area (Å²) in [5, 5.41) is 0. The summed E-state index contributed by atoms with van der Waals surface area (Å²) < 4.78 is 0. The molecule has 0 aliphatic heterocycles. The van der Waals surface area contributed by atoms with Crippen LogP contribution in [0.15, 0.2) is 66.3 Å². The molecule has 0 heterocycles. The third-order valence-electron chi connectivity index (χ3n) is 1.58. The molecule has 1 heteroatoms. The van der Waals surface area contributed by atoms with Gasteiger partial charge in [-0.25, -0.2) is 0 Å². The van der Waals surface area contributed by atoms with E-state index in [2.05, 4.69) is 24.7 Å². The SMILES string of the molecule is C=C/C=C(C=C)/C(/C=C\C(=C)C)=N/C. The molecule has 74 valence electrons. The number of hydrogen-bond donors (Lipinski definition) is 0. The van der Waals surface area contributed by atoms with E-state index < -0.39 is 0 Å². The van der Waals surface area contributed by atoms with E-state index in [1.54, 1.807) is 19.2 Å². The third kappa shape index (κ3) is 4.41. The topological polar surface area (TPSA) is 12.4 Å². The minimum atomic E-state index is 0.878. The summed E-state index contributed by atoms with van der Waals surface area (Å²) in [6.07, 6.45) is 9.18. The van der Waals surface area contributed by atoms with Crippen LogP contribution < -0.4 is 0 Å². The van der Waals surface area contributed by atoms with E-state index in [0.717, 1.165) is 16.9 Å². The van der Waals surface area contributed by atoms with Gasteiger partial charge in [-0.2, -0.15) is 0 Å². The second-order valence-corrected chi connectivity index (χ2v) is 2.85. The van der Waals surface area contributed by atoms with Gasteiger partial charge in [-0.1, -0.05) is 49.6 Å². The Hall–Kier alpha value is -1.63. The Morgan fingerprint density at radius 3 is 2.21 bits per heavy atom. The molecule has 0 radical (unpaired) electrons. The first kappa shape index (κ1) is 12.4. The maximum absolute atomic E-state index is 4.15. The maximum Gasteiger partial charge on any atom is 0.0643 e. The normalized spacial score (nSPS) is 13.0. The molecule has 0 unspecified atom stereocenters. The lowest BCUT2D eigenvalue weighted by Crippen LogP contribution is -1.96. The van der Waals surface area contributed by atoms with Crippen molar-refractivity contribution in [3.05, 3.63) is 61.3 Å². The zero-order valence-electron chi connectivity index (χ0n) is 8.96. The van der Waals surface area contributed by atoms with Gasteiger partial charge in [0.05, 0.1) is 5.71 Å². The Kier molecular flexibility index (Phi) is 6.04. The second-order valence-electron chi connectivity index (χ2n) is 2.85. The van der Waals surface area contributed by atoms with Crippen molar-refractivity contribution < 1.29 is 0 Å². The van der Waals surface area contributed by atoms with Crippen LogP contribution in [0.1, 0.15) is 6.92 Å². The van der Waals surface area contributed by atoms with Crippen molar-refractivity contribution in [3.8, 4) is 0 Å². The average Bonchev–Trinajstić information content (AvgIpc) is 2.16. The fourth-order valence-electron chi connectivity index (χ4n) is 0.906. The first-order chi connectivity index (χ1) is 6.65. The van der Waals surface area contributed by atoms with Crippen LogP contribution in [-0.2, 0) is 0 Å². The molecule has 0 saturated carbocycles. The van der Waals surface area contributed by atoms with Crippen molar-refractivity contribution in [3.63, 3.8) is 0 Å². The summed E-state index contributed by atoms with van der Waals surface area (Å²) in [5.41, 5.74) is 2.83. The predicted octanol–water partition coefficient (Wildman–Crippen LogP) is 3.49. The molecule has 0 aromatic rings. The molecule has 0 bridgehead atoms. The van der Waals surface area contributed by atoms with Crippen LogP contribution in [0.4, 0.5) is 0 Å². The van der Waals surface area contributed by atoms with Gasteiger partial charge in [0.25, 0.3) is 0 Å². The van der Waals surface area contributed by atoms with Crippen LogP contribution in [0.2, 0.25) is 0 Å². The highest BCUT2D eigenvalue weighted by Crippen LogP contribution is 2.03. The van der Waals surface area contributed by atoms with E-state index in [1.165, 1.54) is 0 Å². The van der Waals surface area contributed by atoms with Crippen molar-refractivity contribution in [2.45, 2.75) is 6.92 Å². The van der Waals surface area contributed by atoms with Gasteiger partial charge in [-0.3, -0.25) is 4.99 Å². The summed E-state index contributed by atoms with van der Waals surface area (Å²) in [4.78, 5) is 4.15. The van der Waals surface area contributed by atoms with Crippen molar-refractivity contribution in [2.24, 2.45) is 4.99 Å². The number of aliphatic imine (C=N–C) groups is 1. The zero-order chi connectivity index (χ0) is 11.0. The van der Waals surface area contributed by atoms with Crippen molar-refractivity contribution in [2.75, 3.05) is 7.05 Å². The molecule has 0 aliphatic rings. The second kappa shape index (κ2) is 6.84. The number of nitrogens with zero attached hydrogens (tertiary/aromatic N) is 1. The Labute approximate surface area is 86.6 Å². The number of allylic oxidation sites excluding steroid dienone is 7. The summed E-state index contributed by atoms with van der Waals surface area (Å²) >= 11 is 0. The van der Waals surface area contributed by atoms with Crippen LogP contribution in [0, 0.1) is 0 Å². The molecule has 0 fully saturated rings. The minimum absolute atomic E-state index is 0.878. The van der Waals surface area contributed by atoms with Crippen LogP contribution in [0.3, 0.4) is 0 Å².